The van der Waals surface area contributed by atoms with Gasteiger partial charge in [-0.2, -0.15) is 13.2 Å². The Kier molecular flexibility index (Phi) is 2.64. The van der Waals surface area contributed by atoms with Gasteiger partial charge in [0.05, 0.1) is 0 Å². The van der Waals surface area contributed by atoms with Crippen LogP contribution in [0.5, 0.6) is 0 Å². The third kappa shape index (κ3) is 2.39. The molecular formula is C12H8F3N. The van der Waals surface area contributed by atoms with Crippen LogP contribution < -0.4 is 0 Å². The van der Waals surface area contributed by atoms with Crippen LogP contribution in [0.15, 0.2) is 42.7 Å². The lowest BCUT2D eigenvalue weighted by Gasteiger charge is -2.02. The van der Waals surface area contributed by atoms with Gasteiger partial charge in [-0.05, 0) is 23.1 Å². The fourth-order valence-electron chi connectivity index (χ4n) is 1.48. The molecule has 2 aromatic rings. The largest absolute Gasteiger partial charge is 0.409 e. The second-order valence-electron chi connectivity index (χ2n) is 3.32. The fraction of sp³-hybridized carbons (Fsp3) is 0.0833. The summed E-state index contributed by atoms with van der Waals surface area (Å²) in [7, 11) is 0. The van der Waals surface area contributed by atoms with E-state index in [0.29, 0.717) is 5.56 Å². The summed E-state index contributed by atoms with van der Waals surface area (Å²) in [5.41, 5.74) is 0.539. The second-order valence-corrected chi connectivity index (χ2v) is 3.32. The summed E-state index contributed by atoms with van der Waals surface area (Å²) >= 11 is 0. The summed E-state index contributed by atoms with van der Waals surface area (Å²) in [5, 5.41) is 1.59. The molecule has 0 spiro atoms. The van der Waals surface area contributed by atoms with Gasteiger partial charge in [0, 0.05) is 23.9 Å². The molecule has 0 unspecified atom stereocenters. The summed E-state index contributed by atoms with van der Waals surface area (Å²) in [6.07, 6.45) is 0.216. The van der Waals surface area contributed by atoms with Gasteiger partial charge in [-0.25, -0.2) is 0 Å². The van der Waals surface area contributed by atoms with E-state index >= 15 is 0 Å². The molecular weight excluding hydrogens is 215 g/mol. The van der Waals surface area contributed by atoms with Crippen molar-refractivity contribution in [1.29, 1.82) is 0 Å². The third-order valence-electron chi connectivity index (χ3n) is 2.17. The average Bonchev–Trinajstić information content (AvgIpc) is 2.25. The minimum Gasteiger partial charge on any atom is -0.264 e. The van der Waals surface area contributed by atoms with E-state index in [9.17, 15) is 13.2 Å². The molecule has 2 rings (SSSR count). The smallest absolute Gasteiger partial charge is 0.264 e. The van der Waals surface area contributed by atoms with Crippen LogP contribution in [-0.2, 0) is 0 Å². The molecule has 0 amide bonds. The first-order valence-corrected chi connectivity index (χ1v) is 4.65. The predicted octanol–water partition coefficient (Wildman–Crippen LogP) is 3.81. The lowest BCUT2D eigenvalue weighted by Crippen LogP contribution is -2.00. The molecule has 0 atom stereocenters. The minimum absolute atomic E-state index is 0.238. The highest BCUT2D eigenvalue weighted by atomic mass is 19.4. The number of hydrogen-bond acceptors (Lipinski definition) is 1. The van der Waals surface area contributed by atoms with Crippen molar-refractivity contribution in [2.45, 2.75) is 6.18 Å². The summed E-state index contributed by atoms with van der Waals surface area (Å²) in [6.45, 7) is 0. The Morgan fingerprint density at radius 1 is 1.12 bits per heavy atom. The van der Waals surface area contributed by atoms with Gasteiger partial charge in [0.25, 0.3) is 0 Å². The fourth-order valence-corrected chi connectivity index (χ4v) is 1.48. The SMILES string of the molecule is FC(F)(F)/C=C/c1cccc2cnccc12. The molecule has 16 heavy (non-hydrogen) atoms. The maximum Gasteiger partial charge on any atom is 0.409 e. The van der Waals surface area contributed by atoms with Crippen LogP contribution in [0.4, 0.5) is 13.2 Å². The van der Waals surface area contributed by atoms with Crippen LogP contribution in [0.3, 0.4) is 0 Å². The Balaban J connectivity index is 2.49. The Morgan fingerprint density at radius 3 is 2.69 bits per heavy atom. The van der Waals surface area contributed by atoms with E-state index in [1.807, 2.05) is 6.07 Å². The molecule has 1 aromatic heterocycles. The summed E-state index contributed by atoms with van der Waals surface area (Å²) < 4.78 is 36.1. The predicted molar refractivity (Wildman–Crippen MR) is 56.8 cm³/mol. The lowest BCUT2D eigenvalue weighted by molar-refractivity contribution is -0.0790. The average molecular weight is 223 g/mol. The first kappa shape index (κ1) is 10.7. The number of fused-ring (bicyclic) bond motifs is 1. The molecule has 0 radical (unpaired) electrons. The number of rotatable bonds is 1. The Bertz CT molecular complexity index is 524. The van der Waals surface area contributed by atoms with Crippen LogP contribution >= 0.6 is 0 Å². The van der Waals surface area contributed by atoms with Crippen LogP contribution in [0.1, 0.15) is 5.56 Å². The molecule has 0 N–H and O–H groups in total. The highest BCUT2D eigenvalue weighted by Gasteiger charge is 2.21. The number of alkyl halides is 3. The normalized spacial score (nSPS) is 12.4. The van der Waals surface area contributed by atoms with Crippen molar-refractivity contribution < 1.29 is 13.2 Å². The summed E-state index contributed by atoms with van der Waals surface area (Å²) in [4.78, 5) is 3.92. The summed E-state index contributed by atoms with van der Waals surface area (Å²) in [6, 6.07) is 6.86. The van der Waals surface area contributed by atoms with Gasteiger partial charge in [-0.15, -0.1) is 0 Å². The number of aromatic nitrogens is 1. The highest BCUT2D eigenvalue weighted by Crippen LogP contribution is 2.22. The van der Waals surface area contributed by atoms with Crippen molar-refractivity contribution in [3.05, 3.63) is 48.3 Å². The molecule has 0 bridgehead atoms. The molecule has 82 valence electrons. The van der Waals surface area contributed by atoms with E-state index in [4.69, 9.17) is 0 Å². The molecule has 1 heterocycles. The number of nitrogens with zero attached hydrogens (tertiary/aromatic N) is 1. The van der Waals surface area contributed by atoms with Gasteiger partial charge in [0.1, 0.15) is 0 Å². The molecule has 4 heteroatoms. The van der Waals surface area contributed by atoms with E-state index in [1.165, 1.54) is 0 Å². The molecule has 0 aliphatic carbocycles. The maximum atomic E-state index is 12.0. The van der Waals surface area contributed by atoms with E-state index in [1.54, 1.807) is 30.6 Å². The molecule has 0 saturated heterocycles. The van der Waals surface area contributed by atoms with Crippen molar-refractivity contribution in [1.82, 2.24) is 4.98 Å². The van der Waals surface area contributed by atoms with Crippen LogP contribution in [-0.4, -0.2) is 11.2 Å². The zero-order valence-corrected chi connectivity index (χ0v) is 8.20. The van der Waals surface area contributed by atoms with Gasteiger partial charge < -0.3 is 0 Å². The van der Waals surface area contributed by atoms with Gasteiger partial charge in [-0.1, -0.05) is 18.2 Å². The number of allylic oxidation sites excluding steroid dienone is 1. The van der Waals surface area contributed by atoms with Crippen LogP contribution in [0, 0.1) is 0 Å². The highest BCUT2D eigenvalue weighted by molar-refractivity contribution is 5.89. The number of pyridine rings is 1. The zero-order chi connectivity index (χ0) is 11.6. The molecule has 1 aromatic carbocycles. The van der Waals surface area contributed by atoms with E-state index in [0.717, 1.165) is 16.8 Å². The standard InChI is InChI=1S/C12H8F3N/c13-12(14,15)6-4-9-2-1-3-10-8-16-7-5-11(9)10/h1-8H/b6-4+. The number of halogens is 3. The lowest BCUT2D eigenvalue weighted by atomic mass is 10.1. The molecule has 0 saturated carbocycles. The zero-order valence-electron chi connectivity index (χ0n) is 8.20. The van der Waals surface area contributed by atoms with E-state index < -0.39 is 6.18 Å². The third-order valence-corrected chi connectivity index (χ3v) is 2.17. The Morgan fingerprint density at radius 2 is 1.94 bits per heavy atom. The maximum absolute atomic E-state index is 12.0. The molecule has 0 fully saturated rings. The van der Waals surface area contributed by atoms with Crippen molar-refractivity contribution in [3.63, 3.8) is 0 Å². The topological polar surface area (TPSA) is 12.9 Å². The Labute approximate surface area is 90.2 Å². The second kappa shape index (κ2) is 3.96. The van der Waals surface area contributed by atoms with Crippen molar-refractivity contribution in [2.75, 3.05) is 0 Å². The monoisotopic (exact) mass is 223 g/mol. The number of hydrogen-bond donors (Lipinski definition) is 0. The molecule has 1 nitrogen and oxygen atoms in total. The Hall–Kier alpha value is -1.84. The quantitative estimate of drug-likeness (QED) is 0.716. The van der Waals surface area contributed by atoms with Gasteiger partial charge in [-0.3, -0.25) is 4.98 Å². The van der Waals surface area contributed by atoms with Crippen LogP contribution in [0.25, 0.3) is 16.8 Å². The van der Waals surface area contributed by atoms with Crippen LogP contribution in [0.2, 0.25) is 0 Å². The van der Waals surface area contributed by atoms with E-state index in [-0.39, 0.29) is 6.08 Å². The van der Waals surface area contributed by atoms with Crippen molar-refractivity contribution >= 4 is 16.8 Å². The van der Waals surface area contributed by atoms with E-state index in [2.05, 4.69) is 4.98 Å². The van der Waals surface area contributed by atoms with Gasteiger partial charge in [0.15, 0.2) is 0 Å². The minimum atomic E-state index is -4.28. The number of benzene rings is 1. The van der Waals surface area contributed by atoms with Crippen molar-refractivity contribution in [2.24, 2.45) is 0 Å². The van der Waals surface area contributed by atoms with Crippen molar-refractivity contribution in [3.8, 4) is 0 Å². The first-order chi connectivity index (χ1) is 7.56. The first-order valence-electron chi connectivity index (χ1n) is 4.65. The summed E-state index contributed by atoms with van der Waals surface area (Å²) in [5.74, 6) is 0. The van der Waals surface area contributed by atoms with Gasteiger partial charge >= 0.3 is 6.18 Å². The van der Waals surface area contributed by atoms with Gasteiger partial charge in [0.2, 0.25) is 0 Å². The molecule has 0 aliphatic rings. The molecule has 0 aliphatic heterocycles.